The normalized spacial score (nSPS) is 11.6. The predicted molar refractivity (Wildman–Crippen MR) is 86.1 cm³/mol. The standard InChI is InChI=1S/C17H15N3O2/c1-11(19-20-17(22)15-7-4-10-18-15)13-9-8-12-5-2-3-6-14(12)16(13)21/h2-10,18,21H,1H3,(H,20,22)/b19-11+. The van der Waals surface area contributed by atoms with E-state index >= 15 is 0 Å². The van der Waals surface area contributed by atoms with Gasteiger partial charge in [-0.2, -0.15) is 5.10 Å². The summed E-state index contributed by atoms with van der Waals surface area (Å²) >= 11 is 0. The van der Waals surface area contributed by atoms with Crippen molar-refractivity contribution in [3.8, 4) is 5.75 Å². The summed E-state index contributed by atoms with van der Waals surface area (Å²) in [5.74, 6) is -0.168. The Balaban J connectivity index is 1.88. The smallest absolute Gasteiger partial charge is 0.287 e. The lowest BCUT2D eigenvalue weighted by Crippen LogP contribution is -2.19. The molecule has 3 aromatic rings. The minimum Gasteiger partial charge on any atom is -0.507 e. The number of aromatic nitrogens is 1. The Bertz CT molecular complexity index is 851. The van der Waals surface area contributed by atoms with E-state index in [0.29, 0.717) is 17.0 Å². The highest BCUT2D eigenvalue weighted by Gasteiger charge is 2.10. The Morgan fingerprint density at radius 2 is 1.95 bits per heavy atom. The Morgan fingerprint density at radius 1 is 1.14 bits per heavy atom. The summed E-state index contributed by atoms with van der Waals surface area (Å²) in [6.45, 7) is 1.73. The first-order valence-corrected chi connectivity index (χ1v) is 6.86. The van der Waals surface area contributed by atoms with Crippen LogP contribution in [0.3, 0.4) is 0 Å². The van der Waals surface area contributed by atoms with Gasteiger partial charge < -0.3 is 10.1 Å². The first-order chi connectivity index (χ1) is 10.7. The maximum Gasteiger partial charge on any atom is 0.287 e. The minimum absolute atomic E-state index is 0.161. The van der Waals surface area contributed by atoms with Crippen LogP contribution in [0, 0.1) is 0 Å². The highest BCUT2D eigenvalue weighted by Crippen LogP contribution is 2.28. The highest BCUT2D eigenvalue weighted by molar-refractivity contribution is 6.06. The van der Waals surface area contributed by atoms with E-state index < -0.39 is 0 Å². The van der Waals surface area contributed by atoms with Gasteiger partial charge in [0.2, 0.25) is 0 Å². The van der Waals surface area contributed by atoms with Crippen molar-refractivity contribution in [1.29, 1.82) is 0 Å². The summed E-state index contributed by atoms with van der Waals surface area (Å²) in [7, 11) is 0. The molecule has 0 aliphatic rings. The number of hydrogen-bond donors (Lipinski definition) is 3. The molecule has 110 valence electrons. The summed E-state index contributed by atoms with van der Waals surface area (Å²) in [6, 6.07) is 14.7. The van der Waals surface area contributed by atoms with E-state index in [2.05, 4.69) is 15.5 Å². The van der Waals surface area contributed by atoms with Crippen molar-refractivity contribution in [2.45, 2.75) is 6.92 Å². The number of nitrogens with one attached hydrogen (secondary N) is 2. The molecule has 5 heteroatoms. The van der Waals surface area contributed by atoms with Crippen LogP contribution in [0.15, 0.2) is 59.8 Å². The highest BCUT2D eigenvalue weighted by atomic mass is 16.3. The summed E-state index contributed by atoms with van der Waals surface area (Å²) in [4.78, 5) is 14.6. The van der Waals surface area contributed by atoms with E-state index in [9.17, 15) is 9.90 Å². The van der Waals surface area contributed by atoms with Gasteiger partial charge in [-0.15, -0.1) is 0 Å². The molecule has 0 aliphatic carbocycles. The van der Waals surface area contributed by atoms with Gasteiger partial charge in [-0.1, -0.05) is 30.3 Å². The first kappa shape index (κ1) is 13.9. The van der Waals surface area contributed by atoms with Crippen LogP contribution in [-0.4, -0.2) is 21.7 Å². The minimum atomic E-state index is -0.329. The van der Waals surface area contributed by atoms with Crippen LogP contribution in [0.1, 0.15) is 23.0 Å². The van der Waals surface area contributed by atoms with E-state index in [1.54, 1.807) is 31.3 Å². The molecule has 3 N–H and O–H groups in total. The zero-order chi connectivity index (χ0) is 15.5. The van der Waals surface area contributed by atoms with E-state index in [-0.39, 0.29) is 11.7 Å². The number of benzene rings is 2. The van der Waals surface area contributed by atoms with Gasteiger partial charge in [0.1, 0.15) is 11.4 Å². The number of H-pyrrole nitrogens is 1. The Hall–Kier alpha value is -3.08. The van der Waals surface area contributed by atoms with Crippen molar-refractivity contribution < 1.29 is 9.90 Å². The molecular weight excluding hydrogens is 278 g/mol. The average Bonchev–Trinajstić information content (AvgIpc) is 3.07. The Labute approximate surface area is 127 Å². The number of phenolic OH excluding ortho intramolecular Hbond substituents is 1. The fourth-order valence-corrected chi connectivity index (χ4v) is 2.27. The molecule has 3 rings (SSSR count). The van der Waals surface area contributed by atoms with Crippen LogP contribution >= 0.6 is 0 Å². The van der Waals surface area contributed by atoms with Crippen molar-refractivity contribution in [1.82, 2.24) is 10.4 Å². The lowest BCUT2D eigenvalue weighted by atomic mass is 10.0. The number of carbonyl (C=O) groups is 1. The zero-order valence-electron chi connectivity index (χ0n) is 12.0. The molecule has 1 aromatic heterocycles. The number of phenols is 1. The number of amides is 1. The quantitative estimate of drug-likeness (QED) is 0.513. The molecule has 1 amide bonds. The van der Waals surface area contributed by atoms with Gasteiger partial charge in [0.05, 0.1) is 5.71 Å². The number of fused-ring (bicyclic) bond motifs is 1. The number of nitrogens with zero attached hydrogens (tertiary/aromatic N) is 1. The Morgan fingerprint density at radius 3 is 2.73 bits per heavy atom. The van der Waals surface area contributed by atoms with Crippen molar-refractivity contribution in [2.24, 2.45) is 5.10 Å². The van der Waals surface area contributed by atoms with Crippen LogP contribution < -0.4 is 5.43 Å². The molecule has 0 fully saturated rings. The van der Waals surface area contributed by atoms with Crippen LogP contribution in [-0.2, 0) is 0 Å². The summed E-state index contributed by atoms with van der Waals surface area (Å²) in [6.07, 6.45) is 1.67. The van der Waals surface area contributed by atoms with Gasteiger partial charge >= 0.3 is 0 Å². The van der Waals surface area contributed by atoms with Gasteiger partial charge in [0, 0.05) is 17.1 Å². The van der Waals surface area contributed by atoms with Crippen LogP contribution in [0.25, 0.3) is 10.8 Å². The molecule has 0 saturated carbocycles. The van der Waals surface area contributed by atoms with Crippen LogP contribution in [0.2, 0.25) is 0 Å². The third-order valence-corrected chi connectivity index (χ3v) is 3.46. The van der Waals surface area contributed by atoms with Crippen molar-refractivity contribution in [3.63, 3.8) is 0 Å². The van der Waals surface area contributed by atoms with Gasteiger partial charge in [0.25, 0.3) is 5.91 Å². The molecule has 2 aromatic carbocycles. The SMILES string of the molecule is C/C(=N\NC(=O)c1ccc[nH]1)c1ccc2ccccc2c1O. The van der Waals surface area contributed by atoms with E-state index in [0.717, 1.165) is 10.8 Å². The monoisotopic (exact) mass is 293 g/mol. The number of hydrogen-bond acceptors (Lipinski definition) is 3. The number of rotatable bonds is 3. The predicted octanol–water partition coefficient (Wildman–Crippen LogP) is 3.03. The molecule has 0 spiro atoms. The fraction of sp³-hybridized carbons (Fsp3) is 0.0588. The van der Waals surface area contributed by atoms with Gasteiger partial charge in [0.15, 0.2) is 0 Å². The molecule has 0 unspecified atom stereocenters. The molecule has 0 atom stereocenters. The largest absolute Gasteiger partial charge is 0.507 e. The Kier molecular flexibility index (Phi) is 3.62. The molecule has 0 aliphatic heterocycles. The molecular formula is C17H15N3O2. The van der Waals surface area contributed by atoms with Crippen molar-refractivity contribution in [2.75, 3.05) is 0 Å². The number of hydrazone groups is 1. The number of carbonyl (C=O) groups excluding carboxylic acids is 1. The number of aromatic amines is 1. The van der Waals surface area contributed by atoms with Crippen molar-refractivity contribution in [3.05, 3.63) is 66.0 Å². The third kappa shape index (κ3) is 2.56. The second-order valence-electron chi connectivity index (χ2n) is 4.90. The summed E-state index contributed by atoms with van der Waals surface area (Å²) < 4.78 is 0. The number of aromatic hydroxyl groups is 1. The molecule has 1 heterocycles. The van der Waals surface area contributed by atoms with Crippen LogP contribution in [0.5, 0.6) is 5.75 Å². The lowest BCUT2D eigenvalue weighted by molar-refractivity contribution is 0.0950. The fourth-order valence-electron chi connectivity index (χ4n) is 2.27. The topological polar surface area (TPSA) is 77.5 Å². The zero-order valence-corrected chi connectivity index (χ0v) is 12.0. The van der Waals surface area contributed by atoms with E-state index in [4.69, 9.17) is 0 Å². The first-order valence-electron chi connectivity index (χ1n) is 6.86. The second-order valence-corrected chi connectivity index (χ2v) is 4.90. The maximum atomic E-state index is 11.8. The van der Waals surface area contributed by atoms with Crippen LogP contribution in [0.4, 0.5) is 0 Å². The van der Waals surface area contributed by atoms with E-state index in [1.165, 1.54) is 0 Å². The average molecular weight is 293 g/mol. The van der Waals surface area contributed by atoms with E-state index in [1.807, 2.05) is 30.3 Å². The van der Waals surface area contributed by atoms with Gasteiger partial charge in [-0.25, -0.2) is 5.43 Å². The second kappa shape index (κ2) is 5.73. The van der Waals surface area contributed by atoms with Crippen molar-refractivity contribution >= 4 is 22.4 Å². The summed E-state index contributed by atoms with van der Waals surface area (Å²) in [5.41, 5.74) is 4.01. The third-order valence-electron chi connectivity index (χ3n) is 3.46. The van der Waals surface area contributed by atoms with Gasteiger partial charge in [-0.05, 0) is 30.5 Å². The molecule has 22 heavy (non-hydrogen) atoms. The molecule has 0 radical (unpaired) electrons. The maximum absolute atomic E-state index is 11.8. The lowest BCUT2D eigenvalue weighted by Gasteiger charge is -2.08. The molecule has 0 saturated heterocycles. The molecule has 5 nitrogen and oxygen atoms in total. The summed E-state index contributed by atoms with van der Waals surface area (Å²) in [5, 5.41) is 16.1. The molecule has 0 bridgehead atoms. The van der Waals surface area contributed by atoms with Gasteiger partial charge in [-0.3, -0.25) is 4.79 Å².